The molecule has 0 radical (unpaired) electrons. The van der Waals surface area contributed by atoms with Crippen molar-refractivity contribution in [3.8, 4) is 0 Å². The van der Waals surface area contributed by atoms with Crippen LogP contribution in [-0.4, -0.2) is 18.6 Å². The number of nitrogens with zero attached hydrogens (tertiary/aromatic N) is 1. The Kier molecular flexibility index (Phi) is 3.49. The third kappa shape index (κ3) is 2.03. The van der Waals surface area contributed by atoms with Gasteiger partial charge in [-0.3, -0.25) is 0 Å². The van der Waals surface area contributed by atoms with Crippen LogP contribution in [0, 0.1) is 17.7 Å². The molecule has 2 aliphatic rings. The zero-order valence-electron chi connectivity index (χ0n) is 12.5. The molecule has 1 aromatic rings. The standard InChI is InChI=1S/C17H25FN2/c1-12-5-7-17(11-19,13(2)9-12)20-8-6-14-3-4-15(18)10-16(14)20/h3-4,10,12-13H,5-9,11,19H2,1-2H3. The molecule has 0 bridgehead atoms. The van der Waals surface area contributed by atoms with E-state index in [1.54, 1.807) is 12.1 Å². The fourth-order valence-corrected chi connectivity index (χ4v) is 4.31. The van der Waals surface area contributed by atoms with Crippen LogP contribution >= 0.6 is 0 Å². The maximum atomic E-state index is 13.6. The number of hydrogen-bond acceptors (Lipinski definition) is 2. The van der Waals surface area contributed by atoms with E-state index in [-0.39, 0.29) is 11.4 Å². The Balaban J connectivity index is 1.98. The summed E-state index contributed by atoms with van der Waals surface area (Å²) in [4.78, 5) is 2.42. The fraction of sp³-hybridized carbons (Fsp3) is 0.647. The van der Waals surface area contributed by atoms with Crippen LogP contribution in [0.2, 0.25) is 0 Å². The lowest BCUT2D eigenvalue weighted by atomic mass is 9.69. The summed E-state index contributed by atoms with van der Waals surface area (Å²) in [6, 6.07) is 5.21. The first-order valence-corrected chi connectivity index (χ1v) is 7.83. The second kappa shape index (κ2) is 5.03. The molecular formula is C17H25FN2. The molecule has 3 rings (SSSR count). The predicted molar refractivity (Wildman–Crippen MR) is 81.4 cm³/mol. The Hall–Kier alpha value is -1.09. The molecule has 110 valence electrons. The summed E-state index contributed by atoms with van der Waals surface area (Å²) in [7, 11) is 0. The third-order valence-electron chi connectivity index (χ3n) is 5.58. The van der Waals surface area contributed by atoms with Crippen LogP contribution in [0.1, 0.15) is 38.7 Å². The summed E-state index contributed by atoms with van der Waals surface area (Å²) in [5.74, 6) is 1.20. The molecule has 1 aliphatic heterocycles. The smallest absolute Gasteiger partial charge is 0.125 e. The average molecular weight is 276 g/mol. The molecule has 1 aromatic carbocycles. The number of benzene rings is 1. The minimum Gasteiger partial charge on any atom is -0.364 e. The van der Waals surface area contributed by atoms with Gasteiger partial charge in [0.2, 0.25) is 0 Å². The molecule has 2 nitrogen and oxygen atoms in total. The van der Waals surface area contributed by atoms with E-state index in [4.69, 9.17) is 5.73 Å². The average Bonchev–Trinajstić information content (AvgIpc) is 2.83. The summed E-state index contributed by atoms with van der Waals surface area (Å²) in [5, 5.41) is 0. The van der Waals surface area contributed by atoms with Crippen molar-refractivity contribution in [1.29, 1.82) is 0 Å². The number of nitrogens with two attached hydrogens (primary N) is 1. The van der Waals surface area contributed by atoms with E-state index in [1.165, 1.54) is 18.4 Å². The topological polar surface area (TPSA) is 29.3 Å². The number of fused-ring (bicyclic) bond motifs is 1. The summed E-state index contributed by atoms with van der Waals surface area (Å²) in [6.07, 6.45) is 4.59. The van der Waals surface area contributed by atoms with Gasteiger partial charge < -0.3 is 10.6 Å². The Labute approximate surface area is 121 Å². The maximum absolute atomic E-state index is 13.6. The molecule has 3 heteroatoms. The lowest BCUT2D eigenvalue weighted by molar-refractivity contribution is 0.161. The van der Waals surface area contributed by atoms with E-state index < -0.39 is 0 Å². The highest BCUT2D eigenvalue weighted by atomic mass is 19.1. The molecule has 0 aromatic heterocycles. The van der Waals surface area contributed by atoms with Crippen molar-refractivity contribution in [2.75, 3.05) is 18.0 Å². The van der Waals surface area contributed by atoms with E-state index in [0.29, 0.717) is 12.5 Å². The monoisotopic (exact) mass is 276 g/mol. The van der Waals surface area contributed by atoms with Gasteiger partial charge in [0, 0.05) is 18.8 Å². The molecule has 3 unspecified atom stereocenters. The molecule has 1 fully saturated rings. The van der Waals surface area contributed by atoms with Crippen LogP contribution in [-0.2, 0) is 6.42 Å². The van der Waals surface area contributed by atoms with Crippen molar-refractivity contribution in [2.45, 2.75) is 45.1 Å². The Morgan fingerprint density at radius 3 is 2.90 bits per heavy atom. The van der Waals surface area contributed by atoms with Crippen LogP contribution in [0.15, 0.2) is 18.2 Å². The van der Waals surface area contributed by atoms with Crippen LogP contribution in [0.5, 0.6) is 0 Å². The zero-order chi connectivity index (χ0) is 14.3. The van der Waals surface area contributed by atoms with E-state index in [2.05, 4.69) is 18.7 Å². The second-order valence-electron chi connectivity index (χ2n) is 6.76. The van der Waals surface area contributed by atoms with Crippen molar-refractivity contribution in [2.24, 2.45) is 17.6 Å². The van der Waals surface area contributed by atoms with Crippen molar-refractivity contribution in [3.63, 3.8) is 0 Å². The number of halogens is 1. The van der Waals surface area contributed by atoms with Crippen molar-refractivity contribution in [3.05, 3.63) is 29.6 Å². The molecular weight excluding hydrogens is 251 g/mol. The van der Waals surface area contributed by atoms with Gasteiger partial charge in [-0.05, 0) is 55.2 Å². The fourth-order valence-electron chi connectivity index (χ4n) is 4.31. The molecule has 20 heavy (non-hydrogen) atoms. The molecule has 2 N–H and O–H groups in total. The predicted octanol–water partition coefficient (Wildman–Crippen LogP) is 3.34. The molecule has 0 amide bonds. The van der Waals surface area contributed by atoms with Gasteiger partial charge in [0.05, 0.1) is 5.54 Å². The highest BCUT2D eigenvalue weighted by Crippen LogP contribution is 2.45. The van der Waals surface area contributed by atoms with Gasteiger partial charge in [0.15, 0.2) is 0 Å². The molecule has 3 atom stereocenters. The van der Waals surface area contributed by atoms with E-state index in [0.717, 1.165) is 31.0 Å². The minimum atomic E-state index is -0.139. The lowest BCUT2D eigenvalue weighted by Crippen LogP contribution is -2.60. The Bertz CT molecular complexity index is 502. The van der Waals surface area contributed by atoms with Gasteiger partial charge >= 0.3 is 0 Å². The normalized spacial score (nSPS) is 33.3. The van der Waals surface area contributed by atoms with Gasteiger partial charge in [-0.1, -0.05) is 19.9 Å². The molecule has 0 saturated heterocycles. The molecule has 0 spiro atoms. The van der Waals surface area contributed by atoms with Crippen LogP contribution in [0.3, 0.4) is 0 Å². The van der Waals surface area contributed by atoms with Gasteiger partial charge in [-0.2, -0.15) is 0 Å². The molecule has 1 saturated carbocycles. The quantitative estimate of drug-likeness (QED) is 0.897. The summed E-state index contributed by atoms with van der Waals surface area (Å²) in [6.45, 7) is 6.29. The molecule has 1 heterocycles. The van der Waals surface area contributed by atoms with Crippen molar-refractivity contribution >= 4 is 5.69 Å². The highest BCUT2D eigenvalue weighted by molar-refractivity contribution is 5.60. The number of rotatable bonds is 2. The highest BCUT2D eigenvalue weighted by Gasteiger charge is 2.45. The summed E-state index contributed by atoms with van der Waals surface area (Å²) in [5.41, 5.74) is 8.58. The first-order valence-electron chi connectivity index (χ1n) is 7.83. The minimum absolute atomic E-state index is 0.0194. The SMILES string of the molecule is CC1CCC(CN)(N2CCc3ccc(F)cc32)C(C)C1. The van der Waals surface area contributed by atoms with Crippen LogP contribution < -0.4 is 10.6 Å². The van der Waals surface area contributed by atoms with Crippen LogP contribution in [0.25, 0.3) is 0 Å². The first kappa shape index (κ1) is 13.9. The summed E-state index contributed by atoms with van der Waals surface area (Å²) >= 11 is 0. The number of anilines is 1. The van der Waals surface area contributed by atoms with Gasteiger partial charge in [-0.25, -0.2) is 4.39 Å². The van der Waals surface area contributed by atoms with Crippen LogP contribution in [0.4, 0.5) is 10.1 Å². The second-order valence-corrected chi connectivity index (χ2v) is 6.76. The van der Waals surface area contributed by atoms with Gasteiger partial charge in [0.1, 0.15) is 5.82 Å². The zero-order valence-corrected chi connectivity index (χ0v) is 12.5. The van der Waals surface area contributed by atoms with Gasteiger partial charge in [-0.15, -0.1) is 0 Å². The molecule has 1 aliphatic carbocycles. The maximum Gasteiger partial charge on any atom is 0.125 e. The largest absolute Gasteiger partial charge is 0.364 e. The van der Waals surface area contributed by atoms with E-state index >= 15 is 0 Å². The third-order valence-corrected chi connectivity index (χ3v) is 5.58. The van der Waals surface area contributed by atoms with E-state index in [1.807, 2.05) is 6.07 Å². The van der Waals surface area contributed by atoms with Crippen molar-refractivity contribution < 1.29 is 4.39 Å². The van der Waals surface area contributed by atoms with E-state index in [9.17, 15) is 4.39 Å². The van der Waals surface area contributed by atoms with Gasteiger partial charge in [0.25, 0.3) is 0 Å². The van der Waals surface area contributed by atoms with Crippen molar-refractivity contribution in [1.82, 2.24) is 0 Å². The summed E-state index contributed by atoms with van der Waals surface area (Å²) < 4.78 is 13.6. The first-order chi connectivity index (χ1) is 9.56. The Morgan fingerprint density at radius 1 is 1.40 bits per heavy atom. The lowest BCUT2D eigenvalue weighted by Gasteiger charge is -2.51. The number of hydrogen-bond donors (Lipinski definition) is 1. The Morgan fingerprint density at radius 2 is 2.20 bits per heavy atom.